The van der Waals surface area contributed by atoms with Crippen LogP contribution in [0.25, 0.3) is 21.7 Å². The minimum Gasteiger partial charge on any atom is -0.541 e. The zero-order valence-corrected chi connectivity index (χ0v) is 26.6. The van der Waals surface area contributed by atoms with Crippen LogP contribution in [0.5, 0.6) is 11.6 Å². The third kappa shape index (κ3) is 5.85. The number of hydrogen-bond donors (Lipinski definition) is 3. The van der Waals surface area contributed by atoms with Crippen LogP contribution < -0.4 is 15.3 Å². The van der Waals surface area contributed by atoms with Gasteiger partial charge in [0.1, 0.15) is 17.1 Å². The first kappa shape index (κ1) is 31.0. The number of aromatic nitrogens is 2. The third-order valence-electron chi connectivity index (χ3n) is 8.21. The minimum atomic E-state index is -2.49. The summed E-state index contributed by atoms with van der Waals surface area (Å²) in [5.74, 6) is -0.546. The molecule has 0 unspecified atom stereocenters. The number of benzene rings is 2. The number of aromatic hydroxyl groups is 1. The van der Waals surface area contributed by atoms with E-state index in [0.717, 1.165) is 16.5 Å². The molecule has 2 heterocycles. The Morgan fingerprint density at radius 3 is 2.19 bits per heavy atom. The van der Waals surface area contributed by atoms with Crippen molar-refractivity contribution in [1.29, 1.82) is 0 Å². The maximum absolute atomic E-state index is 13.5. The number of nitrogens with one attached hydrogen (secondary N) is 2. The fraction of sp³-hybridized carbons (Fsp3) is 0.406. The quantitative estimate of drug-likeness (QED) is 0.154. The highest BCUT2D eigenvalue weighted by molar-refractivity contribution is 6.78. The van der Waals surface area contributed by atoms with Gasteiger partial charge in [-0.25, -0.2) is 4.39 Å². The van der Waals surface area contributed by atoms with E-state index < -0.39 is 14.2 Å². The number of carbonyl (C=O) groups excluding carboxylic acids is 2. The standard InChI is InChI=1S/C32H41FN4O4Si/c1-18(2)42(19(3)4,20(5)6)41-31-29-27(17-37(8)32(29)40)25(15-28(39)36-35-21(7)38)26-14-23(16-34-30(26)31)13-22-9-11-24(33)12-10-22/h9-12,14,16-20,40H,13,15H2,1-8H3,(H,35,38)(H,36,39). The van der Waals surface area contributed by atoms with Crippen molar-refractivity contribution >= 4 is 41.8 Å². The maximum atomic E-state index is 13.5. The van der Waals surface area contributed by atoms with E-state index in [-0.39, 0.29) is 40.6 Å². The molecule has 224 valence electrons. The van der Waals surface area contributed by atoms with Crippen molar-refractivity contribution in [2.75, 3.05) is 0 Å². The van der Waals surface area contributed by atoms with Gasteiger partial charge in [-0.3, -0.25) is 25.4 Å². The van der Waals surface area contributed by atoms with Crippen molar-refractivity contribution in [2.24, 2.45) is 7.05 Å². The molecule has 2 aromatic carbocycles. The second-order valence-electron chi connectivity index (χ2n) is 12.0. The van der Waals surface area contributed by atoms with E-state index in [2.05, 4.69) is 52.4 Å². The number of fused-ring (bicyclic) bond motifs is 2. The number of nitrogens with zero attached hydrogens (tertiary/aromatic N) is 2. The molecule has 2 amide bonds. The molecule has 0 spiro atoms. The SMILES string of the molecule is CC(=O)NNC(=O)Cc1c2cc(Cc3ccc(F)cc3)cnc2c(O[Si](C(C)C)(C(C)C)C(C)C)c2c(O)n(C)cc12. The summed E-state index contributed by atoms with van der Waals surface area (Å²) < 4.78 is 22.4. The van der Waals surface area contributed by atoms with Crippen LogP contribution in [0.4, 0.5) is 4.39 Å². The average Bonchev–Trinajstić information content (AvgIpc) is 3.21. The van der Waals surface area contributed by atoms with Crippen molar-refractivity contribution in [3.8, 4) is 11.6 Å². The molecule has 0 saturated heterocycles. The number of halogens is 1. The van der Waals surface area contributed by atoms with Gasteiger partial charge in [-0.15, -0.1) is 0 Å². The van der Waals surface area contributed by atoms with Gasteiger partial charge in [0, 0.05) is 37.1 Å². The molecule has 0 aliphatic carbocycles. The lowest BCUT2D eigenvalue weighted by molar-refractivity contribution is -0.127. The summed E-state index contributed by atoms with van der Waals surface area (Å²) in [5, 5.41) is 13.3. The summed E-state index contributed by atoms with van der Waals surface area (Å²) in [4.78, 5) is 29.4. The smallest absolute Gasteiger partial charge is 0.258 e. The highest BCUT2D eigenvalue weighted by Gasteiger charge is 2.48. The van der Waals surface area contributed by atoms with Crippen LogP contribution in [0.15, 0.2) is 42.7 Å². The number of hydrazine groups is 1. The van der Waals surface area contributed by atoms with Crippen molar-refractivity contribution in [3.63, 3.8) is 0 Å². The third-order valence-corrected chi connectivity index (χ3v) is 14.2. The number of carbonyl (C=O) groups is 2. The number of hydrogen-bond acceptors (Lipinski definition) is 5. The Morgan fingerprint density at radius 1 is 1.00 bits per heavy atom. The first-order chi connectivity index (χ1) is 19.8. The van der Waals surface area contributed by atoms with E-state index in [1.807, 2.05) is 6.07 Å². The summed E-state index contributed by atoms with van der Waals surface area (Å²) >= 11 is 0. The molecule has 4 rings (SSSR count). The largest absolute Gasteiger partial charge is 0.541 e. The zero-order valence-electron chi connectivity index (χ0n) is 25.6. The Balaban J connectivity index is 2.01. The summed E-state index contributed by atoms with van der Waals surface area (Å²) in [7, 11) is -0.747. The second kappa shape index (κ2) is 12.1. The first-order valence-electron chi connectivity index (χ1n) is 14.4. The normalized spacial score (nSPS) is 12.1. The average molecular weight is 593 g/mol. The molecule has 4 aromatic rings. The molecule has 2 aromatic heterocycles. The van der Waals surface area contributed by atoms with Gasteiger partial charge in [-0.05, 0) is 57.9 Å². The Morgan fingerprint density at radius 2 is 1.62 bits per heavy atom. The maximum Gasteiger partial charge on any atom is 0.258 e. The highest BCUT2D eigenvalue weighted by atomic mass is 28.4. The van der Waals surface area contributed by atoms with Gasteiger partial charge in [-0.1, -0.05) is 53.7 Å². The van der Waals surface area contributed by atoms with E-state index >= 15 is 0 Å². The molecule has 0 radical (unpaired) electrons. The van der Waals surface area contributed by atoms with Crippen LogP contribution in [0.2, 0.25) is 16.6 Å². The number of pyridine rings is 1. The van der Waals surface area contributed by atoms with Crippen LogP contribution in [-0.4, -0.2) is 34.8 Å². The highest BCUT2D eigenvalue weighted by Crippen LogP contribution is 2.49. The van der Waals surface area contributed by atoms with Gasteiger partial charge < -0.3 is 14.1 Å². The van der Waals surface area contributed by atoms with Gasteiger partial charge in [-0.2, -0.15) is 0 Å². The molecule has 10 heteroatoms. The number of amides is 2. The molecular formula is C32H41FN4O4Si. The van der Waals surface area contributed by atoms with E-state index in [0.29, 0.717) is 34.0 Å². The predicted octanol–water partition coefficient (Wildman–Crippen LogP) is 6.43. The summed E-state index contributed by atoms with van der Waals surface area (Å²) in [6.45, 7) is 14.5. The Bertz CT molecular complexity index is 1610. The lowest BCUT2D eigenvalue weighted by Crippen LogP contribution is -2.50. The Labute approximate surface area is 247 Å². The minimum absolute atomic E-state index is 0.0294. The molecule has 0 aliphatic heterocycles. The van der Waals surface area contributed by atoms with Gasteiger partial charge in [0.25, 0.3) is 8.32 Å². The summed E-state index contributed by atoms with van der Waals surface area (Å²) in [6, 6.07) is 8.33. The van der Waals surface area contributed by atoms with Gasteiger partial charge in [0.2, 0.25) is 17.7 Å². The molecule has 0 bridgehead atoms. The molecular weight excluding hydrogens is 551 g/mol. The molecule has 0 atom stereocenters. The Kier molecular flexibility index (Phi) is 8.96. The molecule has 0 saturated carbocycles. The van der Waals surface area contributed by atoms with Crippen molar-refractivity contribution in [1.82, 2.24) is 20.4 Å². The van der Waals surface area contributed by atoms with E-state index in [4.69, 9.17) is 9.41 Å². The van der Waals surface area contributed by atoms with Crippen LogP contribution in [-0.2, 0) is 29.5 Å². The van der Waals surface area contributed by atoms with E-state index in [1.165, 1.54) is 19.1 Å². The fourth-order valence-electron chi connectivity index (χ4n) is 6.37. The van der Waals surface area contributed by atoms with E-state index in [9.17, 15) is 19.1 Å². The van der Waals surface area contributed by atoms with E-state index in [1.54, 1.807) is 36.1 Å². The van der Waals surface area contributed by atoms with Crippen LogP contribution in [0, 0.1) is 5.82 Å². The molecule has 3 N–H and O–H groups in total. The first-order valence-corrected chi connectivity index (χ1v) is 16.5. The van der Waals surface area contributed by atoms with Crippen LogP contribution in [0.1, 0.15) is 65.2 Å². The van der Waals surface area contributed by atoms with Crippen molar-refractivity contribution in [3.05, 3.63) is 65.2 Å². The second-order valence-corrected chi connectivity index (χ2v) is 17.4. The summed E-state index contributed by atoms with van der Waals surface area (Å²) in [5.41, 5.74) is 8.63. The van der Waals surface area contributed by atoms with Gasteiger partial charge in [0.05, 0.1) is 11.8 Å². The lowest BCUT2D eigenvalue weighted by atomic mass is 9.96. The van der Waals surface area contributed by atoms with Crippen molar-refractivity contribution in [2.45, 2.75) is 77.9 Å². The predicted molar refractivity (Wildman–Crippen MR) is 166 cm³/mol. The van der Waals surface area contributed by atoms with Gasteiger partial charge in [0.15, 0.2) is 0 Å². The fourth-order valence-corrected chi connectivity index (χ4v) is 11.6. The van der Waals surface area contributed by atoms with Crippen LogP contribution in [0.3, 0.4) is 0 Å². The number of rotatable bonds is 9. The monoisotopic (exact) mass is 592 g/mol. The number of aryl methyl sites for hydroxylation is 1. The molecule has 8 nitrogen and oxygen atoms in total. The van der Waals surface area contributed by atoms with Crippen molar-refractivity contribution < 1.29 is 23.5 Å². The topological polar surface area (TPSA) is 105 Å². The Hall–Kier alpha value is -3.92. The van der Waals surface area contributed by atoms with Gasteiger partial charge >= 0.3 is 0 Å². The molecule has 42 heavy (non-hydrogen) atoms. The lowest BCUT2D eigenvalue weighted by Gasteiger charge is -2.42. The summed E-state index contributed by atoms with van der Waals surface area (Å²) in [6.07, 6.45) is 4.01. The zero-order chi connectivity index (χ0) is 30.9. The molecule has 0 aliphatic rings. The molecule has 0 fully saturated rings. The van der Waals surface area contributed by atoms with Crippen LogP contribution >= 0.6 is 0 Å².